The molecular weight excluding hydrogens is 416 g/mol. The SMILES string of the molecule is O=C(COc1ccc(-c2ccccc2)cc1Br)Oc1ccc2ccccc2c1. The van der Waals surface area contributed by atoms with Gasteiger partial charge in [0.1, 0.15) is 11.5 Å². The van der Waals surface area contributed by atoms with Crippen LogP contribution in [0.4, 0.5) is 0 Å². The van der Waals surface area contributed by atoms with Gasteiger partial charge in [-0.25, -0.2) is 4.79 Å². The van der Waals surface area contributed by atoms with E-state index >= 15 is 0 Å². The predicted octanol–water partition coefficient (Wildman–Crippen LogP) is 6.25. The molecule has 0 spiro atoms. The molecule has 0 aliphatic carbocycles. The summed E-state index contributed by atoms with van der Waals surface area (Å²) in [4.78, 5) is 12.2. The fourth-order valence-corrected chi connectivity index (χ4v) is 3.45. The Hall–Kier alpha value is -3.11. The third kappa shape index (κ3) is 4.24. The summed E-state index contributed by atoms with van der Waals surface area (Å²) >= 11 is 3.51. The second-order valence-corrected chi connectivity index (χ2v) is 7.14. The first-order valence-electron chi connectivity index (χ1n) is 8.86. The van der Waals surface area contributed by atoms with E-state index < -0.39 is 5.97 Å². The van der Waals surface area contributed by atoms with E-state index in [1.807, 2.05) is 84.9 Å². The van der Waals surface area contributed by atoms with Gasteiger partial charge in [0.05, 0.1) is 4.47 Å². The molecule has 0 amide bonds. The Morgan fingerprint density at radius 3 is 2.29 bits per heavy atom. The van der Waals surface area contributed by atoms with Crippen LogP contribution in [0.2, 0.25) is 0 Å². The number of ether oxygens (including phenoxy) is 2. The molecule has 0 saturated heterocycles. The van der Waals surface area contributed by atoms with Gasteiger partial charge in [-0.3, -0.25) is 0 Å². The molecule has 0 fully saturated rings. The number of hydrogen-bond acceptors (Lipinski definition) is 3. The third-order valence-electron chi connectivity index (χ3n) is 4.34. The molecule has 0 saturated carbocycles. The zero-order valence-electron chi connectivity index (χ0n) is 15.0. The highest BCUT2D eigenvalue weighted by Crippen LogP contribution is 2.30. The van der Waals surface area contributed by atoms with Crippen LogP contribution in [0.5, 0.6) is 11.5 Å². The zero-order valence-corrected chi connectivity index (χ0v) is 16.6. The van der Waals surface area contributed by atoms with Crippen molar-refractivity contribution >= 4 is 32.7 Å². The van der Waals surface area contributed by atoms with Crippen molar-refractivity contribution in [3.05, 3.63) is 95.5 Å². The Labute approximate surface area is 171 Å². The lowest BCUT2D eigenvalue weighted by Gasteiger charge is -2.10. The van der Waals surface area contributed by atoms with Crippen LogP contribution in [0.1, 0.15) is 0 Å². The van der Waals surface area contributed by atoms with Crippen molar-refractivity contribution in [2.45, 2.75) is 0 Å². The van der Waals surface area contributed by atoms with E-state index in [-0.39, 0.29) is 6.61 Å². The molecule has 4 heteroatoms. The number of fused-ring (bicyclic) bond motifs is 1. The Morgan fingerprint density at radius 2 is 1.50 bits per heavy atom. The average molecular weight is 433 g/mol. The Bertz CT molecular complexity index is 1120. The molecule has 4 aromatic carbocycles. The molecule has 138 valence electrons. The summed E-state index contributed by atoms with van der Waals surface area (Å²) in [5, 5.41) is 2.12. The van der Waals surface area contributed by atoms with E-state index in [9.17, 15) is 4.79 Å². The molecule has 0 aliphatic rings. The number of rotatable bonds is 5. The fraction of sp³-hybridized carbons (Fsp3) is 0.0417. The molecule has 0 aromatic heterocycles. The number of esters is 1. The number of hydrogen-bond donors (Lipinski definition) is 0. The number of carbonyl (C=O) groups excluding carboxylic acids is 1. The first-order chi connectivity index (χ1) is 13.7. The zero-order chi connectivity index (χ0) is 19.3. The molecule has 28 heavy (non-hydrogen) atoms. The Kier molecular flexibility index (Phi) is 5.40. The Balaban J connectivity index is 1.40. The minimum atomic E-state index is -0.450. The summed E-state index contributed by atoms with van der Waals surface area (Å²) in [5.41, 5.74) is 2.18. The third-order valence-corrected chi connectivity index (χ3v) is 4.96. The van der Waals surface area contributed by atoms with Gasteiger partial charge in [0.15, 0.2) is 6.61 Å². The molecule has 0 bridgehead atoms. The van der Waals surface area contributed by atoms with Crippen LogP contribution in [0.25, 0.3) is 21.9 Å². The van der Waals surface area contributed by atoms with Crippen molar-refractivity contribution in [1.82, 2.24) is 0 Å². The van der Waals surface area contributed by atoms with Gasteiger partial charge in [-0.15, -0.1) is 0 Å². The van der Waals surface area contributed by atoms with Crippen molar-refractivity contribution in [3.8, 4) is 22.6 Å². The first-order valence-corrected chi connectivity index (χ1v) is 9.65. The van der Waals surface area contributed by atoms with Crippen LogP contribution >= 0.6 is 15.9 Å². The van der Waals surface area contributed by atoms with E-state index in [2.05, 4.69) is 15.9 Å². The minimum Gasteiger partial charge on any atom is -0.481 e. The lowest BCUT2D eigenvalue weighted by Crippen LogP contribution is -2.17. The summed E-state index contributed by atoms with van der Waals surface area (Å²) in [6.07, 6.45) is 0. The topological polar surface area (TPSA) is 35.5 Å². The molecule has 0 N–H and O–H groups in total. The largest absolute Gasteiger partial charge is 0.481 e. The van der Waals surface area contributed by atoms with Crippen LogP contribution in [-0.2, 0) is 4.79 Å². The molecule has 4 aromatic rings. The van der Waals surface area contributed by atoms with Gasteiger partial charge in [-0.05, 0) is 62.1 Å². The maximum atomic E-state index is 12.2. The van der Waals surface area contributed by atoms with Gasteiger partial charge in [-0.2, -0.15) is 0 Å². The van der Waals surface area contributed by atoms with Crippen LogP contribution < -0.4 is 9.47 Å². The van der Waals surface area contributed by atoms with Crippen molar-refractivity contribution in [1.29, 1.82) is 0 Å². The Morgan fingerprint density at radius 1 is 0.750 bits per heavy atom. The van der Waals surface area contributed by atoms with Crippen molar-refractivity contribution < 1.29 is 14.3 Å². The van der Waals surface area contributed by atoms with Crippen molar-refractivity contribution in [2.75, 3.05) is 6.61 Å². The normalized spacial score (nSPS) is 10.6. The maximum Gasteiger partial charge on any atom is 0.349 e. The highest BCUT2D eigenvalue weighted by molar-refractivity contribution is 9.10. The highest BCUT2D eigenvalue weighted by Gasteiger charge is 2.10. The average Bonchev–Trinajstić information content (AvgIpc) is 2.73. The standard InChI is InChI=1S/C24H17BrO3/c25-22-15-20(17-6-2-1-3-7-17)11-13-23(22)27-16-24(26)28-21-12-10-18-8-4-5-9-19(18)14-21/h1-15H,16H2. The summed E-state index contributed by atoms with van der Waals surface area (Å²) < 4.78 is 11.8. The summed E-state index contributed by atoms with van der Waals surface area (Å²) in [6.45, 7) is -0.171. The van der Waals surface area contributed by atoms with E-state index in [1.54, 1.807) is 6.07 Å². The number of benzene rings is 4. The van der Waals surface area contributed by atoms with E-state index in [1.165, 1.54) is 0 Å². The second kappa shape index (κ2) is 8.28. The fourth-order valence-electron chi connectivity index (χ4n) is 2.96. The predicted molar refractivity (Wildman–Crippen MR) is 115 cm³/mol. The van der Waals surface area contributed by atoms with Crippen LogP contribution in [0, 0.1) is 0 Å². The smallest absolute Gasteiger partial charge is 0.349 e. The van der Waals surface area contributed by atoms with Gasteiger partial charge in [0.25, 0.3) is 0 Å². The lowest BCUT2D eigenvalue weighted by molar-refractivity contribution is -0.136. The molecular formula is C24H17BrO3. The van der Waals surface area contributed by atoms with E-state index in [0.717, 1.165) is 26.4 Å². The first kappa shape index (κ1) is 18.3. The van der Waals surface area contributed by atoms with Gasteiger partial charge < -0.3 is 9.47 Å². The minimum absolute atomic E-state index is 0.171. The molecule has 0 atom stereocenters. The van der Waals surface area contributed by atoms with Crippen LogP contribution in [0.3, 0.4) is 0 Å². The van der Waals surface area contributed by atoms with Gasteiger partial charge in [-0.1, -0.05) is 66.7 Å². The maximum absolute atomic E-state index is 12.2. The van der Waals surface area contributed by atoms with Crippen molar-refractivity contribution in [2.24, 2.45) is 0 Å². The van der Waals surface area contributed by atoms with Gasteiger partial charge in [0, 0.05) is 0 Å². The number of carbonyl (C=O) groups is 1. The monoisotopic (exact) mass is 432 g/mol. The molecule has 3 nitrogen and oxygen atoms in total. The van der Waals surface area contributed by atoms with Crippen molar-refractivity contribution in [3.63, 3.8) is 0 Å². The summed E-state index contributed by atoms with van der Waals surface area (Å²) in [7, 11) is 0. The molecule has 0 radical (unpaired) electrons. The van der Waals surface area contributed by atoms with Crippen LogP contribution in [0.15, 0.2) is 95.5 Å². The van der Waals surface area contributed by atoms with E-state index in [0.29, 0.717) is 11.5 Å². The molecule has 4 rings (SSSR count). The van der Waals surface area contributed by atoms with Crippen LogP contribution in [-0.4, -0.2) is 12.6 Å². The summed E-state index contributed by atoms with van der Waals surface area (Å²) in [6, 6.07) is 29.3. The van der Waals surface area contributed by atoms with E-state index in [4.69, 9.17) is 9.47 Å². The molecule has 0 unspecified atom stereocenters. The molecule has 0 heterocycles. The quantitative estimate of drug-likeness (QED) is 0.276. The van der Waals surface area contributed by atoms with Gasteiger partial charge >= 0.3 is 5.97 Å². The molecule has 0 aliphatic heterocycles. The second-order valence-electron chi connectivity index (χ2n) is 6.28. The number of halogens is 1. The lowest BCUT2D eigenvalue weighted by atomic mass is 10.1. The summed E-state index contributed by atoms with van der Waals surface area (Å²) in [5.74, 6) is 0.648. The highest BCUT2D eigenvalue weighted by atomic mass is 79.9. The van der Waals surface area contributed by atoms with Gasteiger partial charge in [0.2, 0.25) is 0 Å².